The van der Waals surface area contributed by atoms with E-state index in [1.165, 1.54) is 13.3 Å². The van der Waals surface area contributed by atoms with E-state index in [0.717, 1.165) is 5.57 Å². The second-order valence-corrected chi connectivity index (χ2v) is 10.6. The molecule has 0 fully saturated rings. The fourth-order valence-electron chi connectivity index (χ4n) is 3.83. The van der Waals surface area contributed by atoms with Gasteiger partial charge in [0.2, 0.25) is 5.91 Å². The summed E-state index contributed by atoms with van der Waals surface area (Å²) in [5.41, 5.74) is 5.41. The SMILES string of the molecule is C/C=C\C[C@@H](C/C=C\NC(=O)C(NC(=O)C#C/C=C\C(C)=C\[C@H](C)[C@@H]1CC=C(OC)C(=O)O1)C(C)(C)C)OC(N)=O. The predicted octanol–water partition coefficient (Wildman–Crippen LogP) is 3.96. The minimum absolute atomic E-state index is 0.0376. The van der Waals surface area contributed by atoms with Crippen molar-refractivity contribution >= 4 is 23.9 Å². The molecule has 0 radical (unpaired) electrons. The van der Waals surface area contributed by atoms with Gasteiger partial charge in [-0.25, -0.2) is 9.59 Å². The van der Waals surface area contributed by atoms with Crippen molar-refractivity contribution in [3.8, 4) is 11.8 Å². The fraction of sp³-hybridized carbons (Fsp3) is 0.484. The molecular formula is C31H43N3O7. The van der Waals surface area contributed by atoms with Gasteiger partial charge in [0.05, 0.1) is 7.11 Å². The van der Waals surface area contributed by atoms with Crippen LogP contribution in [0.25, 0.3) is 0 Å². The Morgan fingerprint density at radius 2 is 1.93 bits per heavy atom. The summed E-state index contributed by atoms with van der Waals surface area (Å²) in [6, 6.07) is -0.855. The van der Waals surface area contributed by atoms with E-state index in [9.17, 15) is 19.2 Å². The van der Waals surface area contributed by atoms with Gasteiger partial charge in [-0.2, -0.15) is 0 Å². The summed E-state index contributed by atoms with van der Waals surface area (Å²) < 4.78 is 15.4. The Labute approximate surface area is 243 Å². The molecule has 10 heteroatoms. The first-order chi connectivity index (χ1) is 19.3. The van der Waals surface area contributed by atoms with Crippen LogP contribution in [0.3, 0.4) is 0 Å². The average molecular weight is 570 g/mol. The average Bonchev–Trinajstić information content (AvgIpc) is 2.89. The van der Waals surface area contributed by atoms with E-state index >= 15 is 0 Å². The van der Waals surface area contributed by atoms with Crippen LogP contribution in [0, 0.1) is 23.2 Å². The summed E-state index contributed by atoms with van der Waals surface area (Å²) in [7, 11) is 1.43. The molecule has 0 aromatic carbocycles. The van der Waals surface area contributed by atoms with Gasteiger partial charge in [-0.3, -0.25) is 9.59 Å². The van der Waals surface area contributed by atoms with Crippen molar-refractivity contribution in [2.45, 2.75) is 79.1 Å². The standard InChI is InChI=1S/C31H43N3O7/c1-8-9-14-23(40-30(32)38)15-12-19-33-28(36)27(31(4,5)6)34-26(35)16-11-10-13-21(2)20-22(3)24-17-18-25(39-7)29(37)41-24/h8-10,12-13,18-20,22-24,27H,14-15,17H2,1-7H3,(H2,32,38)(H,33,36)(H,34,35)/b9-8-,13-10-,19-12-,21-20+/t22-,23-,24-,27?/m0/s1. The molecule has 0 saturated heterocycles. The lowest BCUT2D eigenvalue weighted by atomic mass is 9.86. The molecule has 3 amide bonds. The Balaban J connectivity index is 2.72. The molecule has 1 rings (SSSR count). The van der Waals surface area contributed by atoms with Crippen molar-refractivity contribution < 1.29 is 33.4 Å². The summed E-state index contributed by atoms with van der Waals surface area (Å²) in [4.78, 5) is 48.3. The lowest BCUT2D eigenvalue weighted by Crippen LogP contribution is -2.52. The van der Waals surface area contributed by atoms with Crippen LogP contribution >= 0.6 is 0 Å². The van der Waals surface area contributed by atoms with Crippen molar-refractivity contribution in [2.75, 3.05) is 7.11 Å². The highest BCUT2D eigenvalue weighted by Gasteiger charge is 2.32. The minimum atomic E-state index is -0.866. The predicted molar refractivity (Wildman–Crippen MR) is 157 cm³/mol. The van der Waals surface area contributed by atoms with Crippen molar-refractivity contribution in [1.82, 2.24) is 10.6 Å². The normalized spacial score (nSPS) is 18.1. The summed E-state index contributed by atoms with van der Waals surface area (Å²) in [6.07, 6.45) is 13.6. The molecule has 1 heterocycles. The molecule has 224 valence electrons. The molecule has 4 N–H and O–H groups in total. The number of primary amides is 1. The zero-order valence-corrected chi connectivity index (χ0v) is 25.0. The van der Waals surface area contributed by atoms with Crippen molar-refractivity contribution in [2.24, 2.45) is 17.1 Å². The maximum atomic E-state index is 12.8. The molecule has 41 heavy (non-hydrogen) atoms. The van der Waals surface area contributed by atoms with Gasteiger partial charge in [0, 0.05) is 25.2 Å². The van der Waals surface area contributed by atoms with Crippen LogP contribution in [0.2, 0.25) is 0 Å². The first-order valence-electron chi connectivity index (χ1n) is 13.4. The van der Waals surface area contributed by atoms with Crippen molar-refractivity contribution in [1.29, 1.82) is 0 Å². The van der Waals surface area contributed by atoms with Gasteiger partial charge >= 0.3 is 12.1 Å². The number of nitrogens with two attached hydrogens (primary N) is 1. The van der Waals surface area contributed by atoms with Crippen LogP contribution in [0.15, 0.2) is 60.1 Å². The second kappa shape index (κ2) is 17.4. The van der Waals surface area contributed by atoms with Crippen LogP contribution in [0.1, 0.15) is 60.8 Å². The van der Waals surface area contributed by atoms with Crippen LogP contribution in [0.4, 0.5) is 4.79 Å². The third-order valence-electron chi connectivity index (χ3n) is 6.01. The smallest absolute Gasteiger partial charge is 0.404 e. The van der Waals surface area contributed by atoms with E-state index in [4.69, 9.17) is 19.9 Å². The molecule has 0 aliphatic carbocycles. The Bertz CT molecular complexity index is 1150. The number of carbonyl (C=O) groups excluding carboxylic acids is 4. The number of carbonyl (C=O) groups is 4. The zero-order valence-electron chi connectivity index (χ0n) is 25.0. The first-order valence-corrected chi connectivity index (χ1v) is 13.4. The van der Waals surface area contributed by atoms with E-state index in [-0.39, 0.29) is 17.8 Å². The minimum Gasteiger partial charge on any atom is -0.490 e. The van der Waals surface area contributed by atoms with Gasteiger partial charge < -0.3 is 30.6 Å². The summed E-state index contributed by atoms with van der Waals surface area (Å²) >= 11 is 0. The van der Waals surface area contributed by atoms with Crippen LogP contribution in [-0.4, -0.2) is 49.2 Å². The number of hydrogen-bond acceptors (Lipinski definition) is 7. The number of ether oxygens (including phenoxy) is 3. The molecule has 4 atom stereocenters. The Hall–Kier alpha value is -4.26. The molecular weight excluding hydrogens is 526 g/mol. The van der Waals surface area contributed by atoms with Crippen LogP contribution in [0.5, 0.6) is 0 Å². The Morgan fingerprint density at radius 1 is 1.24 bits per heavy atom. The number of cyclic esters (lactones) is 1. The van der Waals surface area contributed by atoms with Gasteiger partial charge in [-0.1, -0.05) is 69.6 Å². The molecule has 1 aliphatic rings. The number of esters is 1. The lowest BCUT2D eigenvalue weighted by Gasteiger charge is -2.29. The topological polar surface area (TPSA) is 146 Å². The maximum absolute atomic E-state index is 12.8. The van der Waals surface area contributed by atoms with Crippen LogP contribution in [-0.2, 0) is 28.6 Å². The van der Waals surface area contributed by atoms with E-state index in [1.54, 1.807) is 24.3 Å². The molecule has 0 bridgehead atoms. The zero-order chi connectivity index (χ0) is 31.0. The lowest BCUT2D eigenvalue weighted by molar-refractivity contribution is -0.151. The molecule has 0 aromatic heterocycles. The number of nitrogens with one attached hydrogen (secondary N) is 2. The molecule has 0 saturated carbocycles. The Kier molecular flexibility index (Phi) is 14.8. The van der Waals surface area contributed by atoms with E-state index in [1.807, 2.05) is 59.8 Å². The summed E-state index contributed by atoms with van der Waals surface area (Å²) in [6.45, 7) is 11.2. The number of methoxy groups -OCH3 is 1. The molecule has 0 spiro atoms. The van der Waals surface area contributed by atoms with Gasteiger partial charge in [-0.05, 0) is 43.5 Å². The highest BCUT2D eigenvalue weighted by molar-refractivity contribution is 5.97. The monoisotopic (exact) mass is 569 g/mol. The first kappa shape index (κ1) is 34.8. The van der Waals surface area contributed by atoms with Gasteiger partial charge in [0.15, 0.2) is 5.76 Å². The Morgan fingerprint density at radius 3 is 2.51 bits per heavy atom. The highest BCUT2D eigenvalue weighted by atomic mass is 16.6. The third-order valence-corrected chi connectivity index (χ3v) is 6.01. The van der Waals surface area contributed by atoms with E-state index < -0.39 is 41.4 Å². The molecule has 1 aliphatic heterocycles. The number of rotatable bonds is 12. The second-order valence-electron chi connectivity index (χ2n) is 10.6. The molecule has 10 nitrogen and oxygen atoms in total. The van der Waals surface area contributed by atoms with E-state index in [0.29, 0.717) is 19.3 Å². The fourth-order valence-corrected chi connectivity index (χ4v) is 3.83. The largest absolute Gasteiger partial charge is 0.490 e. The van der Waals surface area contributed by atoms with Crippen molar-refractivity contribution in [3.05, 3.63) is 60.1 Å². The quantitative estimate of drug-likeness (QED) is 0.140. The number of hydrogen-bond donors (Lipinski definition) is 3. The van der Waals surface area contributed by atoms with Crippen molar-refractivity contribution in [3.63, 3.8) is 0 Å². The van der Waals surface area contributed by atoms with Crippen LogP contribution < -0.4 is 16.4 Å². The number of allylic oxidation sites excluding steroid dienone is 4. The maximum Gasteiger partial charge on any atom is 0.404 e. The highest BCUT2D eigenvalue weighted by Crippen LogP contribution is 2.23. The molecule has 0 aromatic rings. The third kappa shape index (κ3) is 13.6. The van der Waals surface area contributed by atoms with Gasteiger partial charge in [-0.15, -0.1) is 0 Å². The van der Waals surface area contributed by atoms with Gasteiger partial charge in [0.25, 0.3) is 5.91 Å². The molecule has 1 unspecified atom stereocenters. The summed E-state index contributed by atoms with van der Waals surface area (Å²) in [5, 5.41) is 5.33. The van der Waals surface area contributed by atoms with E-state index in [2.05, 4.69) is 22.5 Å². The summed E-state index contributed by atoms with van der Waals surface area (Å²) in [5.74, 6) is 3.85. The van der Waals surface area contributed by atoms with Gasteiger partial charge in [0.1, 0.15) is 18.2 Å². The number of amides is 3.